The zero-order chi connectivity index (χ0) is 14.7. The third-order valence-corrected chi connectivity index (χ3v) is 3.73. The Labute approximate surface area is 121 Å². The molecular weight excluding hydrogens is 272 g/mol. The van der Waals surface area contributed by atoms with Gasteiger partial charge in [-0.25, -0.2) is 0 Å². The number of aromatic nitrogens is 2. The standard InChI is InChI=1S/C15H16N2O4/c18-15(19)11-7-6-10(8-11)14-16-13(17-21-14)9-20-12-4-2-1-3-5-12/h1-5,10-11H,6-9H2,(H,18,19). The summed E-state index contributed by atoms with van der Waals surface area (Å²) in [5.74, 6) is 0.744. The molecule has 1 heterocycles. The van der Waals surface area contributed by atoms with Crippen molar-refractivity contribution in [3.63, 3.8) is 0 Å². The fraction of sp³-hybridized carbons (Fsp3) is 0.400. The van der Waals surface area contributed by atoms with Gasteiger partial charge < -0.3 is 14.4 Å². The number of carboxylic acid groups (broad SMARTS) is 1. The van der Waals surface area contributed by atoms with E-state index in [4.69, 9.17) is 14.4 Å². The van der Waals surface area contributed by atoms with E-state index in [2.05, 4.69) is 10.1 Å². The monoisotopic (exact) mass is 288 g/mol. The Hall–Kier alpha value is -2.37. The Bertz CT molecular complexity index is 611. The van der Waals surface area contributed by atoms with Gasteiger partial charge in [0.25, 0.3) is 0 Å². The van der Waals surface area contributed by atoms with Crippen LogP contribution < -0.4 is 4.74 Å². The number of ether oxygens (including phenoxy) is 1. The van der Waals surface area contributed by atoms with Gasteiger partial charge in [-0.05, 0) is 31.4 Å². The largest absolute Gasteiger partial charge is 0.485 e. The van der Waals surface area contributed by atoms with Crippen LogP contribution in [-0.2, 0) is 11.4 Å². The molecule has 0 spiro atoms. The van der Waals surface area contributed by atoms with Crippen LogP contribution in [0.4, 0.5) is 0 Å². The maximum atomic E-state index is 11.0. The lowest BCUT2D eigenvalue weighted by atomic mass is 10.1. The Morgan fingerprint density at radius 3 is 2.86 bits per heavy atom. The van der Waals surface area contributed by atoms with Gasteiger partial charge in [-0.15, -0.1) is 0 Å². The summed E-state index contributed by atoms with van der Waals surface area (Å²) in [5, 5.41) is 12.9. The van der Waals surface area contributed by atoms with Gasteiger partial charge in [0.1, 0.15) is 5.75 Å². The lowest BCUT2D eigenvalue weighted by molar-refractivity contribution is -0.141. The average Bonchev–Trinajstić information content (AvgIpc) is 3.15. The summed E-state index contributed by atoms with van der Waals surface area (Å²) in [6.07, 6.45) is 2.01. The number of aliphatic carboxylic acids is 1. The highest BCUT2D eigenvalue weighted by molar-refractivity contribution is 5.70. The van der Waals surface area contributed by atoms with Crippen molar-refractivity contribution in [2.45, 2.75) is 31.8 Å². The van der Waals surface area contributed by atoms with Crippen molar-refractivity contribution in [2.75, 3.05) is 0 Å². The molecule has 110 valence electrons. The summed E-state index contributed by atoms with van der Waals surface area (Å²) in [6.45, 7) is 0.239. The van der Waals surface area contributed by atoms with Gasteiger partial charge in [0.2, 0.25) is 11.7 Å². The van der Waals surface area contributed by atoms with E-state index in [9.17, 15) is 4.79 Å². The van der Waals surface area contributed by atoms with Crippen molar-refractivity contribution in [1.29, 1.82) is 0 Å². The number of hydrogen-bond donors (Lipinski definition) is 1. The van der Waals surface area contributed by atoms with Crippen LogP contribution in [0.2, 0.25) is 0 Å². The van der Waals surface area contributed by atoms with Crippen molar-refractivity contribution in [1.82, 2.24) is 10.1 Å². The van der Waals surface area contributed by atoms with Crippen molar-refractivity contribution < 1.29 is 19.2 Å². The zero-order valence-electron chi connectivity index (χ0n) is 11.4. The molecule has 2 unspecified atom stereocenters. The summed E-state index contributed by atoms with van der Waals surface area (Å²) >= 11 is 0. The third kappa shape index (κ3) is 3.21. The smallest absolute Gasteiger partial charge is 0.306 e. The summed E-state index contributed by atoms with van der Waals surface area (Å²) in [4.78, 5) is 15.3. The molecule has 1 saturated carbocycles. The van der Waals surface area contributed by atoms with Crippen molar-refractivity contribution >= 4 is 5.97 Å². The molecule has 1 aliphatic carbocycles. The van der Waals surface area contributed by atoms with Crippen LogP contribution in [0, 0.1) is 5.92 Å². The second-order valence-corrected chi connectivity index (χ2v) is 5.20. The van der Waals surface area contributed by atoms with E-state index < -0.39 is 5.97 Å². The van der Waals surface area contributed by atoms with E-state index in [0.29, 0.717) is 24.6 Å². The van der Waals surface area contributed by atoms with Gasteiger partial charge in [0.15, 0.2) is 6.61 Å². The zero-order valence-corrected chi connectivity index (χ0v) is 11.4. The van der Waals surface area contributed by atoms with Crippen LogP contribution in [-0.4, -0.2) is 21.2 Å². The average molecular weight is 288 g/mol. The fourth-order valence-corrected chi connectivity index (χ4v) is 2.59. The molecule has 6 nitrogen and oxygen atoms in total. The number of nitrogens with zero attached hydrogens (tertiary/aromatic N) is 2. The van der Waals surface area contributed by atoms with E-state index in [1.807, 2.05) is 30.3 Å². The topological polar surface area (TPSA) is 85.5 Å². The molecule has 3 rings (SSSR count). The highest BCUT2D eigenvalue weighted by Crippen LogP contribution is 2.37. The second kappa shape index (κ2) is 5.95. The number of rotatable bonds is 5. The van der Waals surface area contributed by atoms with Crippen molar-refractivity contribution in [3.8, 4) is 5.75 Å². The number of benzene rings is 1. The van der Waals surface area contributed by atoms with Crippen LogP contribution >= 0.6 is 0 Å². The first-order valence-corrected chi connectivity index (χ1v) is 6.95. The molecule has 0 bridgehead atoms. The van der Waals surface area contributed by atoms with Gasteiger partial charge in [0.05, 0.1) is 5.92 Å². The van der Waals surface area contributed by atoms with Crippen molar-refractivity contribution in [3.05, 3.63) is 42.0 Å². The first-order valence-electron chi connectivity index (χ1n) is 6.95. The van der Waals surface area contributed by atoms with Crippen LogP contribution in [0.15, 0.2) is 34.9 Å². The van der Waals surface area contributed by atoms with Gasteiger partial charge in [-0.2, -0.15) is 4.98 Å². The molecule has 0 radical (unpaired) electrons. The molecule has 1 fully saturated rings. The molecule has 1 aliphatic rings. The Kier molecular flexibility index (Phi) is 3.85. The Morgan fingerprint density at radius 2 is 2.14 bits per heavy atom. The molecule has 1 aromatic heterocycles. The molecule has 2 atom stereocenters. The summed E-state index contributed by atoms with van der Waals surface area (Å²) in [7, 11) is 0. The number of hydrogen-bond acceptors (Lipinski definition) is 5. The van der Waals surface area contributed by atoms with E-state index in [1.54, 1.807) is 0 Å². The summed E-state index contributed by atoms with van der Waals surface area (Å²) in [5.41, 5.74) is 0. The van der Waals surface area contributed by atoms with Gasteiger partial charge in [-0.3, -0.25) is 4.79 Å². The molecule has 1 N–H and O–H groups in total. The Balaban J connectivity index is 1.58. The maximum Gasteiger partial charge on any atom is 0.306 e. The molecule has 6 heteroatoms. The summed E-state index contributed by atoms with van der Waals surface area (Å²) < 4.78 is 10.8. The molecule has 0 aliphatic heterocycles. The number of carbonyl (C=O) groups is 1. The van der Waals surface area contributed by atoms with Crippen LogP contribution in [0.25, 0.3) is 0 Å². The van der Waals surface area contributed by atoms with Crippen LogP contribution in [0.3, 0.4) is 0 Å². The van der Waals surface area contributed by atoms with Gasteiger partial charge in [-0.1, -0.05) is 23.4 Å². The molecular formula is C15H16N2O4. The van der Waals surface area contributed by atoms with Crippen molar-refractivity contribution in [2.24, 2.45) is 5.92 Å². The van der Waals surface area contributed by atoms with E-state index >= 15 is 0 Å². The predicted octanol–water partition coefficient (Wildman–Crippen LogP) is 2.62. The lowest BCUT2D eigenvalue weighted by Crippen LogP contribution is -2.09. The number of para-hydroxylation sites is 1. The summed E-state index contributed by atoms with van der Waals surface area (Å²) in [6, 6.07) is 9.41. The minimum Gasteiger partial charge on any atom is -0.485 e. The quantitative estimate of drug-likeness (QED) is 0.910. The van der Waals surface area contributed by atoms with Gasteiger partial charge >= 0.3 is 5.97 Å². The maximum absolute atomic E-state index is 11.0. The normalized spacial score (nSPS) is 21.3. The lowest BCUT2D eigenvalue weighted by Gasteiger charge is -2.03. The minimum absolute atomic E-state index is 0.0454. The van der Waals surface area contributed by atoms with E-state index in [-0.39, 0.29) is 18.4 Å². The van der Waals surface area contributed by atoms with E-state index in [0.717, 1.165) is 12.2 Å². The minimum atomic E-state index is -0.746. The van der Waals surface area contributed by atoms with Crippen LogP contribution in [0.1, 0.15) is 36.9 Å². The third-order valence-electron chi connectivity index (χ3n) is 3.73. The van der Waals surface area contributed by atoms with Crippen LogP contribution in [0.5, 0.6) is 5.75 Å². The second-order valence-electron chi connectivity index (χ2n) is 5.20. The molecule has 21 heavy (non-hydrogen) atoms. The van der Waals surface area contributed by atoms with E-state index in [1.165, 1.54) is 0 Å². The molecule has 0 amide bonds. The first-order chi connectivity index (χ1) is 10.2. The highest BCUT2D eigenvalue weighted by atomic mass is 16.5. The fourth-order valence-electron chi connectivity index (χ4n) is 2.59. The van der Waals surface area contributed by atoms with Gasteiger partial charge in [0, 0.05) is 5.92 Å². The molecule has 1 aromatic carbocycles. The molecule has 0 saturated heterocycles. The Morgan fingerprint density at radius 1 is 1.33 bits per heavy atom. The first kappa shape index (κ1) is 13.6. The number of carboxylic acids is 1. The SMILES string of the molecule is O=C(O)C1CCC(c2nc(COc3ccccc3)no2)C1. The molecule has 2 aromatic rings. The predicted molar refractivity (Wildman–Crippen MR) is 72.8 cm³/mol. The highest BCUT2D eigenvalue weighted by Gasteiger charge is 2.33.